The Morgan fingerprint density at radius 3 is 2.45 bits per heavy atom. The Balaban J connectivity index is 2.52. The van der Waals surface area contributed by atoms with Gasteiger partial charge in [-0.05, 0) is 24.5 Å². The quantitative estimate of drug-likeness (QED) is 0.890. The van der Waals surface area contributed by atoms with Gasteiger partial charge in [-0.25, -0.2) is 9.48 Å². The minimum absolute atomic E-state index is 0.235. The van der Waals surface area contributed by atoms with E-state index in [1.807, 2.05) is 31.2 Å². The molecule has 22 heavy (non-hydrogen) atoms. The van der Waals surface area contributed by atoms with Crippen LogP contribution in [0.3, 0.4) is 0 Å². The molecule has 1 heterocycles. The lowest BCUT2D eigenvalue weighted by molar-refractivity contribution is 0.0693. The summed E-state index contributed by atoms with van der Waals surface area (Å²) in [5, 5.41) is 13.5. The highest BCUT2D eigenvalue weighted by Gasteiger charge is 2.15. The number of rotatable bonds is 6. The minimum Gasteiger partial charge on any atom is -0.477 e. The summed E-state index contributed by atoms with van der Waals surface area (Å²) in [6.07, 6.45) is 2.63. The molecule has 0 unspecified atom stereocenters. The van der Waals surface area contributed by atoms with Crippen molar-refractivity contribution >= 4 is 5.97 Å². The summed E-state index contributed by atoms with van der Waals surface area (Å²) in [7, 11) is 0. The maximum Gasteiger partial charge on any atom is 0.341 e. The molecule has 0 saturated heterocycles. The fourth-order valence-electron chi connectivity index (χ4n) is 2.21. The topological polar surface area (TPSA) is 72.2 Å². The monoisotopic (exact) mass is 300 g/mol. The van der Waals surface area contributed by atoms with Gasteiger partial charge in [-0.15, -0.1) is 0 Å². The number of aromatic nitrogens is 2. The molecule has 1 N–H and O–H groups in total. The molecule has 5 heteroatoms. The zero-order valence-electron chi connectivity index (χ0n) is 12.9. The molecule has 0 aliphatic carbocycles. The second kappa shape index (κ2) is 7.02. The van der Waals surface area contributed by atoms with Crippen LogP contribution in [-0.4, -0.2) is 20.9 Å². The second-order valence-electron chi connectivity index (χ2n) is 5.18. The molecular weight excluding hydrogens is 280 g/mol. The lowest BCUT2D eigenvalue weighted by Crippen LogP contribution is -2.29. The number of carboxylic acid groups (broad SMARTS) is 1. The fraction of sp³-hybridized carbons (Fsp3) is 0.353. The summed E-state index contributed by atoms with van der Waals surface area (Å²) in [6.45, 7) is 4.51. The highest BCUT2D eigenvalue weighted by molar-refractivity contribution is 5.88. The molecule has 0 spiro atoms. The Hall–Kier alpha value is -2.43. The standard InChI is InChI=1S/C17H20N2O3/c1-3-5-10-19-16(20)14(17(21)22)11-15(18-19)13-8-6-12(4-2)7-9-13/h6-9,11H,3-5,10H2,1-2H3,(H,21,22). The number of carbonyl (C=O) groups is 1. The molecule has 0 saturated carbocycles. The number of carboxylic acids is 1. The van der Waals surface area contributed by atoms with Crippen molar-refractivity contribution in [2.45, 2.75) is 39.7 Å². The van der Waals surface area contributed by atoms with Crippen molar-refractivity contribution in [2.75, 3.05) is 0 Å². The highest BCUT2D eigenvalue weighted by Crippen LogP contribution is 2.18. The summed E-state index contributed by atoms with van der Waals surface area (Å²) < 4.78 is 1.26. The molecular formula is C17H20N2O3. The first-order valence-electron chi connectivity index (χ1n) is 7.51. The van der Waals surface area contributed by atoms with Crippen LogP contribution in [-0.2, 0) is 13.0 Å². The van der Waals surface area contributed by atoms with E-state index < -0.39 is 11.5 Å². The van der Waals surface area contributed by atoms with Crippen LogP contribution < -0.4 is 5.56 Å². The highest BCUT2D eigenvalue weighted by atomic mass is 16.4. The third kappa shape index (κ3) is 3.42. The van der Waals surface area contributed by atoms with Crippen molar-refractivity contribution in [2.24, 2.45) is 0 Å². The average Bonchev–Trinajstić information content (AvgIpc) is 2.53. The van der Waals surface area contributed by atoms with Crippen LogP contribution >= 0.6 is 0 Å². The van der Waals surface area contributed by atoms with Gasteiger partial charge in [0, 0.05) is 12.1 Å². The van der Waals surface area contributed by atoms with E-state index in [0.717, 1.165) is 24.8 Å². The normalized spacial score (nSPS) is 10.6. The Kier molecular flexibility index (Phi) is 5.09. The van der Waals surface area contributed by atoms with Gasteiger partial charge in [0.25, 0.3) is 5.56 Å². The van der Waals surface area contributed by atoms with Crippen LogP contribution in [0.1, 0.15) is 42.6 Å². The van der Waals surface area contributed by atoms with Gasteiger partial charge in [0.15, 0.2) is 0 Å². The maximum absolute atomic E-state index is 12.1. The molecule has 1 aromatic carbocycles. The summed E-state index contributed by atoms with van der Waals surface area (Å²) in [4.78, 5) is 23.4. The van der Waals surface area contributed by atoms with Crippen molar-refractivity contribution in [3.8, 4) is 11.3 Å². The first-order valence-corrected chi connectivity index (χ1v) is 7.51. The molecule has 0 amide bonds. The molecule has 0 bridgehead atoms. The number of unbranched alkanes of at least 4 members (excludes halogenated alkanes) is 1. The van der Waals surface area contributed by atoms with Gasteiger partial charge < -0.3 is 5.11 Å². The molecule has 0 aliphatic heterocycles. The third-order valence-corrected chi connectivity index (χ3v) is 3.59. The van der Waals surface area contributed by atoms with Crippen molar-refractivity contribution < 1.29 is 9.90 Å². The van der Waals surface area contributed by atoms with Crippen LogP contribution in [0.4, 0.5) is 0 Å². The van der Waals surface area contributed by atoms with Crippen molar-refractivity contribution in [3.05, 3.63) is 51.8 Å². The van der Waals surface area contributed by atoms with Crippen molar-refractivity contribution in [1.29, 1.82) is 0 Å². The molecule has 0 aliphatic rings. The van der Waals surface area contributed by atoms with E-state index >= 15 is 0 Å². The predicted octanol–water partition coefficient (Wildman–Crippen LogP) is 2.97. The minimum atomic E-state index is -1.22. The molecule has 2 aromatic rings. The first-order chi connectivity index (χ1) is 10.6. The number of hydrogen-bond donors (Lipinski definition) is 1. The second-order valence-corrected chi connectivity index (χ2v) is 5.18. The van der Waals surface area contributed by atoms with E-state index in [1.165, 1.54) is 16.3 Å². The Bertz CT molecular complexity index is 718. The third-order valence-electron chi connectivity index (χ3n) is 3.59. The average molecular weight is 300 g/mol. The van der Waals surface area contributed by atoms with Crippen LogP contribution in [0, 0.1) is 0 Å². The molecule has 0 atom stereocenters. The van der Waals surface area contributed by atoms with Crippen molar-refractivity contribution in [1.82, 2.24) is 9.78 Å². The zero-order valence-corrected chi connectivity index (χ0v) is 12.9. The van der Waals surface area contributed by atoms with Gasteiger partial charge in [-0.3, -0.25) is 4.79 Å². The van der Waals surface area contributed by atoms with E-state index in [0.29, 0.717) is 12.2 Å². The lowest BCUT2D eigenvalue weighted by Gasteiger charge is -2.09. The van der Waals surface area contributed by atoms with Crippen LogP contribution in [0.15, 0.2) is 35.1 Å². The molecule has 0 radical (unpaired) electrons. The smallest absolute Gasteiger partial charge is 0.341 e. The Labute approximate surface area is 129 Å². The van der Waals surface area contributed by atoms with Gasteiger partial charge in [-0.2, -0.15) is 5.10 Å². The van der Waals surface area contributed by atoms with E-state index in [2.05, 4.69) is 12.0 Å². The summed E-state index contributed by atoms with van der Waals surface area (Å²) in [5.41, 5.74) is 1.73. The van der Waals surface area contributed by atoms with Gasteiger partial charge in [0.05, 0.1) is 5.69 Å². The van der Waals surface area contributed by atoms with Crippen LogP contribution in [0.25, 0.3) is 11.3 Å². The van der Waals surface area contributed by atoms with Crippen molar-refractivity contribution in [3.63, 3.8) is 0 Å². The Morgan fingerprint density at radius 1 is 1.23 bits per heavy atom. The fourth-order valence-corrected chi connectivity index (χ4v) is 2.21. The van der Waals surface area contributed by atoms with E-state index in [-0.39, 0.29) is 5.56 Å². The molecule has 0 fully saturated rings. The molecule has 2 rings (SSSR count). The van der Waals surface area contributed by atoms with E-state index in [1.54, 1.807) is 0 Å². The molecule has 5 nitrogen and oxygen atoms in total. The van der Waals surface area contributed by atoms with Crippen LogP contribution in [0.2, 0.25) is 0 Å². The van der Waals surface area contributed by atoms with Gasteiger partial charge in [-0.1, -0.05) is 44.5 Å². The number of benzene rings is 1. The maximum atomic E-state index is 12.1. The van der Waals surface area contributed by atoms with E-state index in [9.17, 15) is 14.7 Å². The van der Waals surface area contributed by atoms with Gasteiger partial charge in [0.2, 0.25) is 0 Å². The number of aryl methyl sites for hydroxylation is 2. The number of nitrogens with zero attached hydrogens (tertiary/aromatic N) is 2. The van der Waals surface area contributed by atoms with E-state index in [4.69, 9.17) is 0 Å². The summed E-state index contributed by atoms with van der Waals surface area (Å²) in [6, 6.07) is 9.13. The zero-order chi connectivity index (χ0) is 16.1. The number of aromatic carboxylic acids is 1. The molecule has 1 aromatic heterocycles. The van der Waals surface area contributed by atoms with Gasteiger partial charge in [0.1, 0.15) is 5.56 Å². The Morgan fingerprint density at radius 2 is 1.91 bits per heavy atom. The van der Waals surface area contributed by atoms with Crippen LogP contribution in [0.5, 0.6) is 0 Å². The number of hydrogen-bond acceptors (Lipinski definition) is 3. The SMILES string of the molecule is CCCCn1nc(-c2ccc(CC)cc2)cc(C(=O)O)c1=O. The summed E-state index contributed by atoms with van der Waals surface area (Å²) >= 11 is 0. The first kappa shape index (κ1) is 15.9. The lowest BCUT2D eigenvalue weighted by atomic mass is 10.1. The van der Waals surface area contributed by atoms with Gasteiger partial charge >= 0.3 is 5.97 Å². The largest absolute Gasteiger partial charge is 0.477 e. The predicted molar refractivity (Wildman–Crippen MR) is 85.2 cm³/mol. The summed E-state index contributed by atoms with van der Waals surface area (Å²) in [5.74, 6) is -1.22. The molecule has 116 valence electrons.